The number of dihydropyridines is 1. The predicted octanol–water partition coefficient (Wildman–Crippen LogP) is 4.54. The zero-order chi connectivity index (χ0) is 32.8. The number of carbonyl (C=O) groups excluding carboxylic acids is 3. The van der Waals surface area contributed by atoms with Crippen LogP contribution in [0.4, 0.5) is 0 Å². The van der Waals surface area contributed by atoms with Crippen molar-refractivity contribution in [2.75, 3.05) is 32.8 Å². The Kier molecular flexibility index (Phi) is 11.4. The quantitative estimate of drug-likeness (QED) is 0.0853. The smallest absolute Gasteiger partial charge is 0.350 e. The van der Waals surface area contributed by atoms with E-state index in [0.29, 0.717) is 43.7 Å². The Morgan fingerprint density at radius 3 is 2.67 bits per heavy atom. The van der Waals surface area contributed by atoms with Gasteiger partial charge in [-0.2, -0.15) is 0 Å². The number of hydrogen-bond acceptors (Lipinski definition) is 9. The van der Waals surface area contributed by atoms with Crippen LogP contribution in [-0.4, -0.2) is 66.7 Å². The van der Waals surface area contributed by atoms with Crippen molar-refractivity contribution < 1.29 is 29.0 Å². The number of hydrogen-bond donors (Lipinski definition) is 4. The lowest BCUT2D eigenvalue weighted by Gasteiger charge is -2.27. The number of nitrogens with two attached hydrogens (primary N) is 1. The first kappa shape index (κ1) is 34.6. The first-order chi connectivity index (χ1) is 21.5. The molecule has 9 heteroatoms. The number of aliphatic hydroxyl groups is 1. The standard InChI is InChI=1S/C36H51N3O6/c1-6-8-10-26(20-38-7-2)22-44-34(43)36-33(42)31-27(17-23(3)4)11-9-12-29(31)32(41)35(36,45-36)19-28(21-40)24(5)13-14-25-15-16-39-30(37)18-25/h9,11-12,15,18,23,26,38-40H,6-8,10,13-14,16-17,19-22,37H2,1-5H3/b28-24-/t26-,35+,36+/m1/s1. The molecule has 9 nitrogen and oxygen atoms in total. The molecule has 2 aliphatic heterocycles. The third kappa shape index (κ3) is 7.11. The Morgan fingerprint density at radius 2 is 2.00 bits per heavy atom. The molecule has 3 atom stereocenters. The van der Waals surface area contributed by atoms with Gasteiger partial charge in [0.15, 0.2) is 11.4 Å². The number of unbranched alkanes of at least 4 members (excludes halogenated alkanes) is 1. The lowest BCUT2D eigenvalue weighted by molar-refractivity contribution is -0.149. The van der Waals surface area contributed by atoms with Gasteiger partial charge in [-0.25, -0.2) is 4.79 Å². The minimum absolute atomic E-state index is 0.0686. The maximum absolute atomic E-state index is 14.5. The maximum atomic E-state index is 14.5. The Labute approximate surface area is 267 Å². The number of allylic oxidation sites excluding steroid dienone is 3. The number of ketones is 2. The van der Waals surface area contributed by atoms with Gasteiger partial charge in [0.25, 0.3) is 5.60 Å². The minimum Gasteiger partial charge on any atom is -0.463 e. The van der Waals surface area contributed by atoms with Gasteiger partial charge in [0, 0.05) is 36.6 Å². The number of benzene rings is 1. The van der Waals surface area contributed by atoms with E-state index in [2.05, 4.69) is 23.6 Å². The summed E-state index contributed by atoms with van der Waals surface area (Å²) in [6, 6.07) is 5.27. The van der Waals surface area contributed by atoms with Crippen molar-refractivity contribution in [3.05, 3.63) is 69.6 Å². The molecule has 0 amide bonds. The summed E-state index contributed by atoms with van der Waals surface area (Å²) >= 11 is 0. The number of fused-ring (bicyclic) bond motifs is 2. The summed E-state index contributed by atoms with van der Waals surface area (Å²) in [5.74, 6) is -0.852. The molecule has 0 aromatic heterocycles. The zero-order valence-corrected chi connectivity index (χ0v) is 27.6. The first-order valence-electron chi connectivity index (χ1n) is 16.5. The van der Waals surface area contributed by atoms with Crippen molar-refractivity contribution in [1.82, 2.24) is 10.6 Å². The number of nitrogens with one attached hydrogen (secondary N) is 2. The van der Waals surface area contributed by atoms with Gasteiger partial charge in [-0.1, -0.05) is 70.4 Å². The Balaban J connectivity index is 1.68. The SMILES string of the molecule is CCCC[C@H](CNCC)COC(=O)[C@]12O[C@@]1(C/C(CO)=C(\C)CCC1=CCNC(N)=C1)C(=O)c1cccc(CC(C)C)c1C2=O. The van der Waals surface area contributed by atoms with Crippen LogP contribution >= 0.6 is 0 Å². The molecular formula is C36H51N3O6. The molecule has 0 saturated carbocycles. The molecule has 1 fully saturated rings. The predicted molar refractivity (Wildman–Crippen MR) is 175 cm³/mol. The normalized spacial score (nSPS) is 23.4. The number of aliphatic hydroxyl groups excluding tert-OH is 1. The Hall–Kier alpha value is -3.27. The second kappa shape index (κ2) is 14.9. The Bertz CT molecular complexity index is 1370. The van der Waals surface area contributed by atoms with E-state index < -0.39 is 28.7 Å². The minimum atomic E-state index is -2.08. The lowest BCUT2D eigenvalue weighted by atomic mass is 9.69. The van der Waals surface area contributed by atoms with Crippen LogP contribution in [0.1, 0.15) is 99.4 Å². The van der Waals surface area contributed by atoms with Crippen molar-refractivity contribution in [3.8, 4) is 0 Å². The molecule has 1 aromatic rings. The van der Waals surface area contributed by atoms with Crippen LogP contribution in [0.15, 0.2) is 52.9 Å². The average molecular weight is 622 g/mol. The number of carbonyl (C=O) groups is 3. The Morgan fingerprint density at radius 1 is 1.22 bits per heavy atom. The molecule has 0 unspecified atom stereocenters. The monoisotopic (exact) mass is 621 g/mol. The average Bonchev–Trinajstić information content (AvgIpc) is 3.72. The number of epoxide rings is 1. The molecule has 4 rings (SSSR count). The van der Waals surface area contributed by atoms with E-state index in [1.807, 2.05) is 39.8 Å². The van der Waals surface area contributed by atoms with E-state index >= 15 is 0 Å². The van der Waals surface area contributed by atoms with Gasteiger partial charge in [0.2, 0.25) is 5.78 Å². The largest absolute Gasteiger partial charge is 0.463 e. The van der Waals surface area contributed by atoms with Crippen molar-refractivity contribution >= 4 is 17.5 Å². The highest BCUT2D eigenvalue weighted by Gasteiger charge is 2.85. The molecule has 2 heterocycles. The van der Waals surface area contributed by atoms with Crippen molar-refractivity contribution in [3.63, 3.8) is 0 Å². The van der Waals surface area contributed by atoms with Gasteiger partial charge in [-0.15, -0.1) is 0 Å². The molecule has 1 saturated heterocycles. The fourth-order valence-corrected chi connectivity index (χ4v) is 6.59. The van der Waals surface area contributed by atoms with Crippen molar-refractivity contribution in [2.45, 2.75) is 90.8 Å². The third-order valence-corrected chi connectivity index (χ3v) is 9.23. The fourth-order valence-electron chi connectivity index (χ4n) is 6.59. The van der Waals surface area contributed by atoms with Gasteiger partial charge < -0.3 is 30.9 Å². The molecule has 45 heavy (non-hydrogen) atoms. The number of rotatable bonds is 17. The molecule has 3 aliphatic rings. The highest BCUT2D eigenvalue weighted by molar-refractivity contribution is 6.33. The summed E-state index contributed by atoms with van der Waals surface area (Å²) in [7, 11) is 0. The number of esters is 1. The van der Waals surface area contributed by atoms with Crippen LogP contribution in [0.2, 0.25) is 0 Å². The number of ether oxygens (including phenoxy) is 2. The van der Waals surface area contributed by atoms with Gasteiger partial charge in [0.1, 0.15) is 0 Å². The zero-order valence-electron chi connectivity index (χ0n) is 27.6. The molecule has 1 aliphatic carbocycles. The van der Waals surface area contributed by atoms with E-state index in [-0.39, 0.29) is 42.6 Å². The van der Waals surface area contributed by atoms with E-state index in [0.717, 1.165) is 42.5 Å². The molecule has 246 valence electrons. The first-order valence-corrected chi connectivity index (χ1v) is 16.5. The number of Topliss-reactive ketones (excluding diaryl/α,β-unsaturated/α-hetero) is 2. The van der Waals surface area contributed by atoms with Crippen LogP contribution in [0, 0.1) is 11.8 Å². The summed E-state index contributed by atoms with van der Waals surface area (Å²) in [5, 5.41) is 16.9. The van der Waals surface area contributed by atoms with Crippen LogP contribution in [0.3, 0.4) is 0 Å². The van der Waals surface area contributed by atoms with Gasteiger partial charge in [0.05, 0.1) is 19.0 Å². The van der Waals surface area contributed by atoms with Gasteiger partial charge in [-0.05, 0) is 67.9 Å². The van der Waals surface area contributed by atoms with E-state index in [4.69, 9.17) is 15.2 Å². The van der Waals surface area contributed by atoms with E-state index in [9.17, 15) is 19.5 Å². The second-order valence-electron chi connectivity index (χ2n) is 13.1. The van der Waals surface area contributed by atoms with Crippen LogP contribution in [-0.2, 0) is 20.7 Å². The summed E-state index contributed by atoms with van der Waals surface area (Å²) in [6.07, 6.45) is 8.63. The molecule has 0 radical (unpaired) electrons. The van der Waals surface area contributed by atoms with E-state index in [1.54, 1.807) is 12.1 Å². The summed E-state index contributed by atoms with van der Waals surface area (Å²) in [5.41, 5.74) is 5.86. The van der Waals surface area contributed by atoms with E-state index in [1.165, 1.54) is 0 Å². The second-order valence-corrected chi connectivity index (χ2v) is 13.1. The molecule has 1 aromatic carbocycles. The van der Waals surface area contributed by atoms with Gasteiger partial charge >= 0.3 is 5.97 Å². The van der Waals surface area contributed by atoms with Crippen molar-refractivity contribution in [1.29, 1.82) is 0 Å². The van der Waals surface area contributed by atoms with Crippen LogP contribution < -0.4 is 16.4 Å². The topological polar surface area (TPSA) is 143 Å². The highest BCUT2D eigenvalue weighted by atomic mass is 16.7. The van der Waals surface area contributed by atoms with Crippen LogP contribution in [0.5, 0.6) is 0 Å². The lowest BCUT2D eigenvalue weighted by Crippen LogP contribution is -2.51. The molecule has 0 spiro atoms. The summed E-state index contributed by atoms with van der Waals surface area (Å²) in [6.45, 7) is 12.1. The fraction of sp³-hybridized carbons (Fsp3) is 0.583. The molecular weight excluding hydrogens is 570 g/mol. The highest BCUT2D eigenvalue weighted by Crippen LogP contribution is 2.60. The summed E-state index contributed by atoms with van der Waals surface area (Å²) < 4.78 is 12.1. The molecule has 5 N–H and O–H groups in total. The maximum Gasteiger partial charge on any atom is 0.350 e. The van der Waals surface area contributed by atoms with Crippen molar-refractivity contribution in [2.24, 2.45) is 17.6 Å². The molecule has 0 bridgehead atoms. The third-order valence-electron chi connectivity index (χ3n) is 9.23. The summed E-state index contributed by atoms with van der Waals surface area (Å²) in [4.78, 5) is 42.9. The van der Waals surface area contributed by atoms with Crippen LogP contribution in [0.25, 0.3) is 0 Å². The van der Waals surface area contributed by atoms with Gasteiger partial charge in [-0.3, -0.25) is 9.59 Å².